The van der Waals surface area contributed by atoms with Gasteiger partial charge in [0.1, 0.15) is 5.76 Å². The average Bonchev–Trinajstić information content (AvgIpc) is 3.43. The van der Waals surface area contributed by atoms with Crippen LogP contribution in [0.1, 0.15) is 68.0 Å². The van der Waals surface area contributed by atoms with Gasteiger partial charge in [-0.2, -0.15) is 0 Å². The summed E-state index contributed by atoms with van der Waals surface area (Å²) in [5, 5.41) is 10.9. The van der Waals surface area contributed by atoms with Crippen molar-refractivity contribution in [1.82, 2.24) is 9.80 Å². The number of Topliss-reactive ketones (excluding diaryl/α,β-unsaturated/α-hetero) is 1. The second-order valence-corrected chi connectivity index (χ2v) is 8.90. The number of aliphatic hydroxyl groups excluding tert-OH is 1. The Balaban J connectivity index is 1.99. The highest BCUT2D eigenvalue weighted by Gasteiger charge is 2.44. The number of likely N-dealkylation sites (N-methyl/N-ethyl adjacent to an activating group) is 1. The van der Waals surface area contributed by atoms with Crippen LogP contribution in [-0.2, 0) is 4.79 Å². The molecule has 8 heteroatoms. The first-order valence-electron chi connectivity index (χ1n) is 12.7. The van der Waals surface area contributed by atoms with Crippen LogP contribution < -0.4 is 9.47 Å². The number of rotatable bonds is 14. The summed E-state index contributed by atoms with van der Waals surface area (Å²) in [5.74, 6) is 0.133. The van der Waals surface area contributed by atoms with Crippen molar-refractivity contribution < 1.29 is 28.6 Å². The topological polar surface area (TPSA) is 92.5 Å². The van der Waals surface area contributed by atoms with Gasteiger partial charge in [0, 0.05) is 13.1 Å². The third kappa shape index (κ3) is 5.93. The second kappa shape index (κ2) is 12.6. The van der Waals surface area contributed by atoms with Crippen LogP contribution in [0.2, 0.25) is 0 Å². The van der Waals surface area contributed by atoms with Crippen molar-refractivity contribution in [3.63, 3.8) is 0 Å². The van der Waals surface area contributed by atoms with E-state index in [1.807, 2.05) is 6.07 Å². The molecule has 0 saturated heterocycles. The minimum absolute atomic E-state index is 0.00700. The van der Waals surface area contributed by atoms with Gasteiger partial charge in [-0.15, -0.1) is 0 Å². The lowest BCUT2D eigenvalue weighted by atomic mass is 9.94. The maximum atomic E-state index is 13.5. The first-order chi connectivity index (χ1) is 17.4. The maximum Gasteiger partial charge on any atom is 0.290 e. The number of hydrogen-bond donors (Lipinski definition) is 1. The van der Waals surface area contributed by atoms with Crippen LogP contribution in [0.3, 0.4) is 0 Å². The van der Waals surface area contributed by atoms with E-state index in [0.29, 0.717) is 42.5 Å². The molecular formula is C28H38N2O6. The Morgan fingerprint density at radius 3 is 2.47 bits per heavy atom. The number of benzene rings is 1. The van der Waals surface area contributed by atoms with E-state index >= 15 is 0 Å². The van der Waals surface area contributed by atoms with E-state index in [1.165, 1.54) is 0 Å². The number of aryl methyl sites for hydroxylation is 1. The number of carbonyl (C=O) groups is 2. The zero-order chi connectivity index (χ0) is 26.2. The van der Waals surface area contributed by atoms with Gasteiger partial charge >= 0.3 is 0 Å². The highest BCUT2D eigenvalue weighted by Crippen LogP contribution is 2.41. The molecule has 0 spiro atoms. The minimum atomic E-state index is -0.783. The third-order valence-electron chi connectivity index (χ3n) is 6.57. The molecule has 1 amide bonds. The predicted molar refractivity (Wildman–Crippen MR) is 138 cm³/mol. The second-order valence-electron chi connectivity index (χ2n) is 8.90. The van der Waals surface area contributed by atoms with Crippen LogP contribution in [0, 0.1) is 6.92 Å². The number of ketones is 1. The Labute approximate surface area is 213 Å². The van der Waals surface area contributed by atoms with Crippen molar-refractivity contribution >= 4 is 11.7 Å². The Bertz CT molecular complexity index is 1090. The molecular weight excluding hydrogens is 460 g/mol. The Kier molecular flexibility index (Phi) is 9.58. The summed E-state index contributed by atoms with van der Waals surface area (Å²) in [7, 11) is 1.56. The summed E-state index contributed by atoms with van der Waals surface area (Å²) in [6.07, 6.45) is 3.11. The van der Waals surface area contributed by atoms with Crippen LogP contribution in [0.5, 0.6) is 11.5 Å². The quantitative estimate of drug-likeness (QED) is 0.287. The van der Waals surface area contributed by atoms with Crippen molar-refractivity contribution in [2.24, 2.45) is 0 Å². The van der Waals surface area contributed by atoms with Gasteiger partial charge in [-0.3, -0.25) is 9.59 Å². The highest BCUT2D eigenvalue weighted by molar-refractivity contribution is 6.15. The van der Waals surface area contributed by atoms with Crippen molar-refractivity contribution in [2.75, 3.05) is 39.9 Å². The van der Waals surface area contributed by atoms with Crippen LogP contribution in [0.15, 0.2) is 46.1 Å². The molecule has 1 N–H and O–H groups in total. The zero-order valence-corrected chi connectivity index (χ0v) is 22.0. The first kappa shape index (κ1) is 27.3. The fourth-order valence-corrected chi connectivity index (χ4v) is 4.45. The fraction of sp³-hybridized carbons (Fsp3) is 0.500. The molecule has 3 rings (SSSR count). The van der Waals surface area contributed by atoms with Crippen molar-refractivity contribution in [3.05, 3.63) is 58.7 Å². The number of nitrogens with zero attached hydrogens (tertiary/aromatic N) is 2. The van der Waals surface area contributed by atoms with E-state index in [0.717, 1.165) is 32.4 Å². The monoisotopic (exact) mass is 498 g/mol. The van der Waals surface area contributed by atoms with Crippen LogP contribution >= 0.6 is 0 Å². The van der Waals surface area contributed by atoms with Gasteiger partial charge in [0.25, 0.3) is 5.91 Å². The van der Waals surface area contributed by atoms with E-state index in [1.54, 1.807) is 43.2 Å². The Morgan fingerprint density at radius 2 is 1.86 bits per heavy atom. The van der Waals surface area contributed by atoms with Gasteiger partial charge in [0.2, 0.25) is 5.78 Å². The largest absolute Gasteiger partial charge is 0.503 e. The average molecular weight is 499 g/mol. The SMILES string of the molecule is CCCCCOc1ccc(C2C(C(=O)c3ccc(C)o3)=C(O)C(=O)N2CCN(CC)CC)cc1OC. The molecule has 1 aromatic carbocycles. The number of furan rings is 1. The molecule has 0 radical (unpaired) electrons. The number of amides is 1. The molecule has 2 heterocycles. The van der Waals surface area contributed by atoms with Gasteiger partial charge in [-0.25, -0.2) is 0 Å². The van der Waals surface area contributed by atoms with E-state index < -0.39 is 23.5 Å². The molecule has 0 bridgehead atoms. The van der Waals surface area contributed by atoms with Crippen LogP contribution in [0.4, 0.5) is 0 Å². The van der Waals surface area contributed by atoms with Crippen molar-refractivity contribution in [1.29, 1.82) is 0 Å². The summed E-state index contributed by atoms with van der Waals surface area (Å²) in [6.45, 7) is 11.2. The molecule has 36 heavy (non-hydrogen) atoms. The lowest BCUT2D eigenvalue weighted by Gasteiger charge is -2.29. The van der Waals surface area contributed by atoms with Crippen molar-refractivity contribution in [3.8, 4) is 11.5 Å². The molecule has 1 aromatic heterocycles. The molecule has 1 unspecified atom stereocenters. The third-order valence-corrected chi connectivity index (χ3v) is 6.57. The lowest BCUT2D eigenvalue weighted by Crippen LogP contribution is -2.38. The fourth-order valence-electron chi connectivity index (χ4n) is 4.45. The summed E-state index contributed by atoms with van der Waals surface area (Å²) in [4.78, 5) is 30.4. The smallest absolute Gasteiger partial charge is 0.290 e. The summed E-state index contributed by atoms with van der Waals surface area (Å²) >= 11 is 0. The standard InChI is InChI=1S/C28H38N2O6/c1-6-9-10-17-35-21-14-12-20(18-23(21)34-5)25-24(26(31)22-13-11-19(4)36-22)27(32)28(33)30(25)16-15-29(7-2)8-3/h11-14,18,25,32H,6-10,15-17H2,1-5H3. The number of aliphatic hydroxyl groups is 1. The molecule has 0 fully saturated rings. The minimum Gasteiger partial charge on any atom is -0.503 e. The number of unbranched alkanes of at least 4 members (excludes halogenated alkanes) is 2. The van der Waals surface area contributed by atoms with E-state index in [2.05, 4.69) is 25.7 Å². The van der Waals surface area contributed by atoms with Gasteiger partial charge in [0.05, 0.1) is 25.3 Å². The van der Waals surface area contributed by atoms with Gasteiger partial charge in [-0.1, -0.05) is 39.7 Å². The van der Waals surface area contributed by atoms with Gasteiger partial charge < -0.3 is 28.8 Å². The molecule has 0 aliphatic carbocycles. The first-order valence-corrected chi connectivity index (χ1v) is 12.7. The molecule has 1 aliphatic heterocycles. The van der Waals surface area contributed by atoms with Crippen LogP contribution in [0.25, 0.3) is 0 Å². The predicted octanol–water partition coefficient (Wildman–Crippen LogP) is 5.09. The molecule has 8 nitrogen and oxygen atoms in total. The van der Waals surface area contributed by atoms with Gasteiger partial charge in [-0.05, 0) is 56.3 Å². The van der Waals surface area contributed by atoms with E-state index in [-0.39, 0.29) is 11.3 Å². The normalized spacial score (nSPS) is 15.8. The maximum absolute atomic E-state index is 13.5. The Morgan fingerprint density at radius 1 is 1.11 bits per heavy atom. The van der Waals surface area contributed by atoms with E-state index in [9.17, 15) is 14.7 Å². The van der Waals surface area contributed by atoms with Gasteiger partial charge in [0.15, 0.2) is 23.0 Å². The molecule has 1 aliphatic rings. The summed E-state index contributed by atoms with van der Waals surface area (Å²) in [6, 6.07) is 7.85. The number of carbonyl (C=O) groups excluding carboxylic acids is 2. The van der Waals surface area contributed by atoms with E-state index in [4.69, 9.17) is 13.9 Å². The summed E-state index contributed by atoms with van der Waals surface area (Å²) < 4.78 is 17.0. The summed E-state index contributed by atoms with van der Waals surface area (Å²) in [5.41, 5.74) is 0.656. The molecule has 196 valence electrons. The highest BCUT2D eigenvalue weighted by atomic mass is 16.5. The Hall–Kier alpha value is -3.26. The van der Waals surface area contributed by atoms with Crippen LogP contribution in [-0.4, -0.2) is 66.5 Å². The molecule has 0 saturated carbocycles. The number of methoxy groups -OCH3 is 1. The number of ether oxygens (including phenoxy) is 2. The molecule has 2 aromatic rings. The molecule has 1 atom stereocenters. The lowest BCUT2D eigenvalue weighted by molar-refractivity contribution is -0.129. The zero-order valence-electron chi connectivity index (χ0n) is 22.0. The number of hydrogen-bond acceptors (Lipinski definition) is 7. The van der Waals surface area contributed by atoms with Crippen molar-refractivity contribution in [2.45, 2.75) is 53.0 Å².